The fourth-order valence-corrected chi connectivity index (χ4v) is 3.80. The summed E-state index contributed by atoms with van der Waals surface area (Å²) in [6.07, 6.45) is 4.39. The molecule has 3 rings (SSSR count). The van der Waals surface area contributed by atoms with Gasteiger partial charge in [-0.05, 0) is 24.5 Å². The second-order valence-corrected chi connectivity index (χ2v) is 7.11. The van der Waals surface area contributed by atoms with E-state index in [0.717, 1.165) is 25.7 Å². The molecule has 0 radical (unpaired) electrons. The Hall–Kier alpha value is -2.15. The number of halogens is 1. The molecule has 1 aromatic heterocycles. The van der Waals surface area contributed by atoms with Crippen LogP contribution in [0.15, 0.2) is 40.3 Å². The molecule has 1 aliphatic carbocycles. The highest BCUT2D eigenvalue weighted by Gasteiger charge is 2.17. The minimum absolute atomic E-state index is 0.0771. The zero-order valence-electron chi connectivity index (χ0n) is 13.8. The van der Waals surface area contributed by atoms with E-state index in [4.69, 9.17) is 0 Å². The van der Waals surface area contributed by atoms with E-state index in [-0.39, 0.29) is 29.7 Å². The standard InChI is InChI=1S/C18H20FN3O2S/c19-15-8-4-1-5-12(15)11-25-18-21-14(10-17(24)22-18)9-16(23)20-13-6-2-3-7-13/h1,4-5,8,10,13H,2-3,6-7,9,11H2,(H,20,23)(H,21,22,24). The monoisotopic (exact) mass is 361 g/mol. The summed E-state index contributed by atoms with van der Waals surface area (Å²) in [5, 5.41) is 3.37. The van der Waals surface area contributed by atoms with E-state index < -0.39 is 0 Å². The van der Waals surface area contributed by atoms with Gasteiger partial charge in [0, 0.05) is 17.9 Å². The van der Waals surface area contributed by atoms with Crippen LogP contribution in [0.25, 0.3) is 0 Å². The van der Waals surface area contributed by atoms with E-state index in [1.807, 2.05) is 0 Å². The van der Waals surface area contributed by atoms with Crippen LogP contribution in [0.3, 0.4) is 0 Å². The molecule has 0 spiro atoms. The summed E-state index contributed by atoms with van der Waals surface area (Å²) in [6, 6.07) is 8.06. The average molecular weight is 361 g/mol. The van der Waals surface area contributed by atoms with Crippen LogP contribution in [-0.2, 0) is 17.0 Å². The molecule has 0 unspecified atom stereocenters. The molecule has 1 saturated carbocycles. The molecule has 1 heterocycles. The zero-order chi connectivity index (χ0) is 17.6. The van der Waals surface area contributed by atoms with Crippen molar-refractivity contribution in [2.75, 3.05) is 0 Å². The third-order valence-electron chi connectivity index (χ3n) is 4.16. The Morgan fingerprint density at radius 2 is 2.08 bits per heavy atom. The van der Waals surface area contributed by atoms with Gasteiger partial charge in [-0.3, -0.25) is 9.59 Å². The van der Waals surface area contributed by atoms with Crippen molar-refractivity contribution in [3.05, 3.63) is 57.8 Å². The van der Waals surface area contributed by atoms with Crippen molar-refractivity contribution >= 4 is 17.7 Å². The van der Waals surface area contributed by atoms with Crippen molar-refractivity contribution in [2.45, 2.75) is 49.1 Å². The molecule has 2 aromatic rings. The molecule has 132 valence electrons. The van der Waals surface area contributed by atoms with Gasteiger partial charge in [-0.1, -0.05) is 42.8 Å². The molecule has 1 aromatic carbocycles. The van der Waals surface area contributed by atoms with E-state index in [2.05, 4.69) is 15.3 Å². The Bertz CT molecular complexity index is 803. The number of H-pyrrole nitrogens is 1. The Balaban J connectivity index is 1.62. The normalized spacial score (nSPS) is 14.6. The van der Waals surface area contributed by atoms with Gasteiger partial charge in [-0.15, -0.1) is 0 Å². The maximum absolute atomic E-state index is 13.7. The Morgan fingerprint density at radius 1 is 1.32 bits per heavy atom. The van der Waals surface area contributed by atoms with Crippen molar-refractivity contribution in [1.29, 1.82) is 0 Å². The summed E-state index contributed by atoms with van der Waals surface area (Å²) < 4.78 is 13.7. The van der Waals surface area contributed by atoms with E-state index in [9.17, 15) is 14.0 Å². The van der Waals surface area contributed by atoms with Gasteiger partial charge in [0.25, 0.3) is 5.56 Å². The van der Waals surface area contributed by atoms with Crippen LogP contribution >= 0.6 is 11.8 Å². The van der Waals surface area contributed by atoms with Crippen LogP contribution in [0.2, 0.25) is 0 Å². The lowest BCUT2D eigenvalue weighted by Gasteiger charge is -2.11. The first-order valence-corrected chi connectivity index (χ1v) is 9.34. The van der Waals surface area contributed by atoms with E-state index in [1.54, 1.807) is 18.2 Å². The highest BCUT2D eigenvalue weighted by molar-refractivity contribution is 7.98. The summed E-state index contributed by atoms with van der Waals surface area (Å²) in [5.74, 6) is -0.0487. The fourth-order valence-electron chi connectivity index (χ4n) is 2.92. The number of nitrogens with zero attached hydrogens (tertiary/aromatic N) is 1. The largest absolute Gasteiger partial charge is 0.353 e. The molecule has 1 aliphatic rings. The van der Waals surface area contributed by atoms with Crippen molar-refractivity contribution < 1.29 is 9.18 Å². The lowest BCUT2D eigenvalue weighted by molar-refractivity contribution is -0.121. The van der Waals surface area contributed by atoms with E-state index >= 15 is 0 Å². The predicted molar refractivity (Wildman–Crippen MR) is 94.9 cm³/mol. The number of rotatable bonds is 6. The number of carbonyl (C=O) groups is 1. The van der Waals surface area contributed by atoms with Crippen LogP contribution in [-0.4, -0.2) is 21.9 Å². The second-order valence-electron chi connectivity index (χ2n) is 6.15. The lowest BCUT2D eigenvalue weighted by Crippen LogP contribution is -2.34. The van der Waals surface area contributed by atoms with Gasteiger partial charge in [0.05, 0.1) is 12.1 Å². The fraction of sp³-hybridized carbons (Fsp3) is 0.389. The Morgan fingerprint density at radius 3 is 2.84 bits per heavy atom. The first-order chi connectivity index (χ1) is 12.1. The number of carbonyl (C=O) groups excluding carboxylic acids is 1. The quantitative estimate of drug-likeness (QED) is 0.613. The highest BCUT2D eigenvalue weighted by Crippen LogP contribution is 2.20. The third-order valence-corrected chi connectivity index (χ3v) is 5.08. The minimum Gasteiger partial charge on any atom is -0.353 e. The molecular formula is C18H20FN3O2S. The van der Waals surface area contributed by atoms with E-state index in [1.165, 1.54) is 23.9 Å². The third kappa shape index (κ3) is 5.16. The van der Waals surface area contributed by atoms with Gasteiger partial charge in [0.1, 0.15) is 5.82 Å². The van der Waals surface area contributed by atoms with Crippen molar-refractivity contribution in [2.24, 2.45) is 0 Å². The second kappa shape index (κ2) is 8.29. The maximum Gasteiger partial charge on any atom is 0.251 e. The maximum atomic E-state index is 13.7. The number of amides is 1. The molecule has 7 heteroatoms. The number of thioether (sulfide) groups is 1. The summed E-state index contributed by atoms with van der Waals surface area (Å²) in [6.45, 7) is 0. The average Bonchev–Trinajstić information content (AvgIpc) is 3.06. The summed E-state index contributed by atoms with van der Waals surface area (Å²) in [5.41, 5.74) is 0.657. The molecule has 0 atom stereocenters. The highest BCUT2D eigenvalue weighted by atomic mass is 32.2. The number of benzene rings is 1. The lowest BCUT2D eigenvalue weighted by atomic mass is 10.2. The molecule has 0 aliphatic heterocycles. The summed E-state index contributed by atoms with van der Waals surface area (Å²) in [7, 11) is 0. The number of hydrogen-bond acceptors (Lipinski definition) is 4. The van der Waals surface area contributed by atoms with Crippen molar-refractivity contribution in [3.63, 3.8) is 0 Å². The van der Waals surface area contributed by atoms with Crippen LogP contribution in [0.1, 0.15) is 36.9 Å². The topological polar surface area (TPSA) is 74.8 Å². The number of nitrogens with one attached hydrogen (secondary N) is 2. The van der Waals surface area contributed by atoms with Gasteiger partial charge in [-0.25, -0.2) is 9.37 Å². The SMILES string of the molecule is O=C(Cc1cc(=O)[nH]c(SCc2ccccc2F)n1)NC1CCCC1. The first kappa shape index (κ1) is 17.7. The minimum atomic E-state index is -0.310. The molecule has 5 nitrogen and oxygen atoms in total. The van der Waals surface area contributed by atoms with Gasteiger partial charge in [0.15, 0.2) is 5.16 Å². The van der Waals surface area contributed by atoms with Gasteiger partial charge in [-0.2, -0.15) is 0 Å². The number of aromatic amines is 1. The Kier molecular flexibility index (Phi) is 5.86. The van der Waals surface area contributed by atoms with Crippen LogP contribution in [0, 0.1) is 5.82 Å². The van der Waals surface area contributed by atoms with Crippen molar-refractivity contribution in [3.8, 4) is 0 Å². The molecule has 0 saturated heterocycles. The van der Waals surface area contributed by atoms with Crippen LogP contribution in [0.4, 0.5) is 4.39 Å². The van der Waals surface area contributed by atoms with Gasteiger partial charge in [0.2, 0.25) is 5.91 Å². The summed E-state index contributed by atoms with van der Waals surface area (Å²) >= 11 is 1.24. The molecular weight excluding hydrogens is 341 g/mol. The molecule has 1 amide bonds. The van der Waals surface area contributed by atoms with E-state index in [0.29, 0.717) is 22.2 Å². The molecule has 0 bridgehead atoms. The number of aromatic nitrogens is 2. The predicted octanol–water partition coefficient (Wildman–Crippen LogP) is 2.80. The van der Waals surface area contributed by atoms with Crippen LogP contribution in [0.5, 0.6) is 0 Å². The first-order valence-electron chi connectivity index (χ1n) is 8.36. The molecule has 1 fully saturated rings. The van der Waals surface area contributed by atoms with Gasteiger partial charge < -0.3 is 10.3 Å². The Labute approximate surface area is 149 Å². The summed E-state index contributed by atoms with van der Waals surface area (Å²) in [4.78, 5) is 30.8. The van der Waals surface area contributed by atoms with Crippen molar-refractivity contribution in [1.82, 2.24) is 15.3 Å². The smallest absolute Gasteiger partial charge is 0.251 e. The molecule has 2 N–H and O–H groups in total. The van der Waals surface area contributed by atoms with Crippen LogP contribution < -0.4 is 10.9 Å². The molecule has 25 heavy (non-hydrogen) atoms. The van der Waals surface area contributed by atoms with Gasteiger partial charge >= 0.3 is 0 Å². The zero-order valence-corrected chi connectivity index (χ0v) is 14.6. The number of hydrogen-bond donors (Lipinski definition) is 2.